The molecule has 1 aliphatic heterocycles. The van der Waals surface area contributed by atoms with Gasteiger partial charge in [0.25, 0.3) is 5.91 Å². The highest BCUT2D eigenvalue weighted by Crippen LogP contribution is 2.33. The lowest BCUT2D eigenvalue weighted by Crippen LogP contribution is -2.51. The molecule has 0 unspecified atom stereocenters. The number of para-hydroxylation sites is 1. The molecule has 8 nitrogen and oxygen atoms in total. The van der Waals surface area contributed by atoms with Crippen molar-refractivity contribution in [3.05, 3.63) is 59.9 Å². The summed E-state index contributed by atoms with van der Waals surface area (Å²) in [7, 11) is 3.19. The van der Waals surface area contributed by atoms with Gasteiger partial charge >= 0.3 is 0 Å². The molecule has 0 radical (unpaired) electrons. The van der Waals surface area contributed by atoms with Crippen molar-refractivity contribution in [1.29, 1.82) is 0 Å². The van der Waals surface area contributed by atoms with E-state index >= 15 is 0 Å². The first-order chi connectivity index (χ1) is 16.1. The Bertz CT molecular complexity index is 1290. The summed E-state index contributed by atoms with van der Waals surface area (Å²) in [5.74, 6) is 1.30. The standard InChI is InChI=1S/C25H26N4O4/c1-32-21-7-8-22(33-2)24-18(21)14-20(27-24)25(31)29-11-9-28(10-12-29)23(30)13-16-15-26-19-6-4-3-5-17(16)19/h3-8,14-15,26-27H,9-13H2,1-2H3. The zero-order chi connectivity index (χ0) is 22.9. The van der Waals surface area contributed by atoms with E-state index in [9.17, 15) is 9.59 Å². The van der Waals surface area contributed by atoms with Crippen molar-refractivity contribution >= 4 is 33.6 Å². The number of hydrogen-bond donors (Lipinski definition) is 2. The number of rotatable bonds is 5. The van der Waals surface area contributed by atoms with E-state index in [1.165, 1.54) is 0 Å². The van der Waals surface area contributed by atoms with Crippen molar-refractivity contribution in [2.24, 2.45) is 0 Å². The highest BCUT2D eigenvalue weighted by atomic mass is 16.5. The van der Waals surface area contributed by atoms with Gasteiger partial charge < -0.3 is 29.2 Å². The lowest BCUT2D eigenvalue weighted by molar-refractivity contribution is -0.131. The molecule has 0 spiro atoms. The fourth-order valence-electron chi connectivity index (χ4n) is 4.51. The molecule has 33 heavy (non-hydrogen) atoms. The molecule has 0 saturated carbocycles. The minimum atomic E-state index is -0.0981. The summed E-state index contributed by atoms with van der Waals surface area (Å²) in [4.78, 5) is 36.1. The van der Waals surface area contributed by atoms with Crippen molar-refractivity contribution in [3.8, 4) is 11.5 Å². The van der Waals surface area contributed by atoms with E-state index in [1.54, 1.807) is 25.2 Å². The number of methoxy groups -OCH3 is 2. The van der Waals surface area contributed by atoms with Crippen LogP contribution < -0.4 is 9.47 Å². The van der Waals surface area contributed by atoms with Crippen LogP contribution in [-0.4, -0.2) is 72.0 Å². The van der Waals surface area contributed by atoms with Gasteiger partial charge in [-0.2, -0.15) is 0 Å². The van der Waals surface area contributed by atoms with Crippen molar-refractivity contribution in [2.45, 2.75) is 6.42 Å². The van der Waals surface area contributed by atoms with Crippen LogP contribution in [0.4, 0.5) is 0 Å². The summed E-state index contributed by atoms with van der Waals surface area (Å²) >= 11 is 0. The first kappa shape index (κ1) is 20.9. The Kier molecular flexibility index (Phi) is 5.42. The number of amides is 2. The van der Waals surface area contributed by atoms with Gasteiger partial charge in [0.1, 0.15) is 17.2 Å². The number of piperazine rings is 1. The third-order valence-corrected chi connectivity index (χ3v) is 6.32. The van der Waals surface area contributed by atoms with Gasteiger partial charge in [0.2, 0.25) is 5.91 Å². The number of aromatic nitrogens is 2. The van der Waals surface area contributed by atoms with Gasteiger partial charge in [-0.15, -0.1) is 0 Å². The molecular formula is C25H26N4O4. The van der Waals surface area contributed by atoms with E-state index in [0.29, 0.717) is 49.8 Å². The summed E-state index contributed by atoms with van der Waals surface area (Å²) in [5, 5.41) is 1.87. The van der Waals surface area contributed by atoms with E-state index in [0.717, 1.165) is 27.4 Å². The van der Waals surface area contributed by atoms with E-state index in [1.807, 2.05) is 47.5 Å². The van der Waals surface area contributed by atoms with E-state index in [2.05, 4.69) is 9.97 Å². The monoisotopic (exact) mass is 446 g/mol. The maximum absolute atomic E-state index is 13.2. The zero-order valence-electron chi connectivity index (χ0n) is 18.7. The Balaban J connectivity index is 1.26. The van der Waals surface area contributed by atoms with Crippen LogP contribution in [0, 0.1) is 0 Å². The first-order valence-electron chi connectivity index (χ1n) is 10.9. The smallest absolute Gasteiger partial charge is 0.270 e. The number of nitrogens with one attached hydrogen (secondary N) is 2. The molecule has 2 aromatic carbocycles. The molecule has 1 fully saturated rings. The SMILES string of the molecule is COc1ccc(OC)c2[nH]c(C(=O)N3CCN(C(=O)Cc4c[nH]c5ccccc45)CC3)cc12. The minimum absolute atomic E-state index is 0.0759. The Morgan fingerprint density at radius 2 is 1.61 bits per heavy atom. The summed E-state index contributed by atoms with van der Waals surface area (Å²) in [6, 6.07) is 13.4. The van der Waals surface area contributed by atoms with Crippen LogP contribution in [0.2, 0.25) is 0 Å². The number of aromatic amines is 2. The van der Waals surface area contributed by atoms with Crippen molar-refractivity contribution in [1.82, 2.24) is 19.8 Å². The van der Waals surface area contributed by atoms with Gasteiger partial charge in [-0.25, -0.2) is 0 Å². The quantitative estimate of drug-likeness (QED) is 0.493. The number of benzene rings is 2. The Morgan fingerprint density at radius 1 is 0.909 bits per heavy atom. The second kappa shape index (κ2) is 8.54. The second-order valence-corrected chi connectivity index (χ2v) is 8.15. The molecule has 2 N–H and O–H groups in total. The van der Waals surface area contributed by atoms with Gasteiger partial charge in [-0.1, -0.05) is 18.2 Å². The predicted octanol–water partition coefficient (Wildman–Crippen LogP) is 3.19. The summed E-state index contributed by atoms with van der Waals surface area (Å²) in [5.41, 5.74) is 3.23. The average Bonchev–Trinajstić information content (AvgIpc) is 3.48. The van der Waals surface area contributed by atoms with Crippen molar-refractivity contribution < 1.29 is 19.1 Å². The lowest BCUT2D eigenvalue weighted by Gasteiger charge is -2.34. The zero-order valence-corrected chi connectivity index (χ0v) is 18.7. The molecule has 3 heterocycles. The maximum atomic E-state index is 13.2. The van der Waals surface area contributed by atoms with Gasteiger partial charge in [0, 0.05) is 48.7 Å². The molecule has 1 saturated heterocycles. The molecule has 170 valence electrons. The Hall–Kier alpha value is -3.94. The molecule has 0 aliphatic carbocycles. The van der Waals surface area contributed by atoms with Crippen molar-refractivity contribution in [2.75, 3.05) is 40.4 Å². The topological polar surface area (TPSA) is 90.7 Å². The highest BCUT2D eigenvalue weighted by Gasteiger charge is 2.27. The normalized spacial score (nSPS) is 14.1. The number of fused-ring (bicyclic) bond motifs is 2. The number of nitrogens with zero attached hydrogens (tertiary/aromatic N) is 2. The summed E-state index contributed by atoms with van der Waals surface area (Å²) in [6.45, 7) is 2.00. The summed E-state index contributed by atoms with van der Waals surface area (Å²) in [6.07, 6.45) is 2.25. The van der Waals surface area contributed by atoms with Crippen LogP contribution in [0.15, 0.2) is 48.7 Å². The molecule has 2 aromatic heterocycles. The summed E-state index contributed by atoms with van der Waals surface area (Å²) < 4.78 is 10.8. The van der Waals surface area contributed by atoms with Gasteiger partial charge in [0.15, 0.2) is 0 Å². The first-order valence-corrected chi connectivity index (χ1v) is 10.9. The third kappa shape index (κ3) is 3.77. The predicted molar refractivity (Wildman–Crippen MR) is 126 cm³/mol. The van der Waals surface area contributed by atoms with Crippen LogP contribution in [-0.2, 0) is 11.2 Å². The van der Waals surface area contributed by atoms with E-state index < -0.39 is 0 Å². The molecule has 0 bridgehead atoms. The Morgan fingerprint density at radius 3 is 2.36 bits per heavy atom. The van der Waals surface area contributed by atoms with Crippen LogP contribution in [0.5, 0.6) is 11.5 Å². The average molecular weight is 447 g/mol. The molecule has 1 aliphatic rings. The number of carbonyl (C=O) groups is 2. The molecule has 4 aromatic rings. The highest BCUT2D eigenvalue weighted by molar-refractivity contribution is 6.01. The molecule has 8 heteroatoms. The number of ether oxygens (including phenoxy) is 2. The van der Waals surface area contributed by atoms with Crippen LogP contribution in [0.25, 0.3) is 21.8 Å². The maximum Gasteiger partial charge on any atom is 0.270 e. The fraction of sp³-hybridized carbons (Fsp3) is 0.280. The molecular weight excluding hydrogens is 420 g/mol. The second-order valence-electron chi connectivity index (χ2n) is 8.15. The number of carbonyl (C=O) groups excluding carboxylic acids is 2. The van der Waals surface area contributed by atoms with Crippen LogP contribution in [0.1, 0.15) is 16.1 Å². The van der Waals surface area contributed by atoms with Gasteiger partial charge in [-0.3, -0.25) is 9.59 Å². The molecule has 5 rings (SSSR count). The van der Waals surface area contributed by atoms with E-state index in [-0.39, 0.29) is 11.8 Å². The largest absolute Gasteiger partial charge is 0.496 e. The van der Waals surface area contributed by atoms with E-state index in [4.69, 9.17) is 9.47 Å². The number of hydrogen-bond acceptors (Lipinski definition) is 4. The fourth-order valence-corrected chi connectivity index (χ4v) is 4.51. The van der Waals surface area contributed by atoms with Crippen LogP contribution >= 0.6 is 0 Å². The number of H-pyrrole nitrogens is 2. The Labute approximate surface area is 191 Å². The molecule has 0 atom stereocenters. The minimum Gasteiger partial charge on any atom is -0.496 e. The lowest BCUT2D eigenvalue weighted by atomic mass is 10.1. The van der Waals surface area contributed by atoms with Gasteiger partial charge in [0.05, 0.1) is 26.2 Å². The molecule has 2 amide bonds. The third-order valence-electron chi connectivity index (χ3n) is 6.32. The van der Waals surface area contributed by atoms with Crippen molar-refractivity contribution in [3.63, 3.8) is 0 Å². The van der Waals surface area contributed by atoms with Gasteiger partial charge in [-0.05, 0) is 29.8 Å². The van der Waals surface area contributed by atoms with Crippen LogP contribution in [0.3, 0.4) is 0 Å².